The van der Waals surface area contributed by atoms with E-state index in [0.29, 0.717) is 25.7 Å². The van der Waals surface area contributed by atoms with E-state index in [2.05, 4.69) is 34.6 Å². The molecule has 6 atom stereocenters. The number of unbranched alkanes of at least 4 members (excludes halogenated alkanes) is 50. The van der Waals surface area contributed by atoms with Crippen molar-refractivity contribution in [2.45, 2.75) is 438 Å². The van der Waals surface area contributed by atoms with Gasteiger partial charge in [0.15, 0.2) is 12.2 Å². The Morgan fingerprint density at radius 2 is 0.490 bits per heavy atom. The molecule has 3 N–H and O–H groups in total. The van der Waals surface area contributed by atoms with E-state index in [1.54, 1.807) is 0 Å². The lowest BCUT2D eigenvalue weighted by Crippen LogP contribution is -2.30. The van der Waals surface area contributed by atoms with Crippen molar-refractivity contribution in [1.82, 2.24) is 0 Å². The second kappa shape index (κ2) is 72.0. The van der Waals surface area contributed by atoms with Gasteiger partial charge in [-0.05, 0) is 31.6 Å². The molecule has 0 saturated heterocycles. The average Bonchev–Trinajstić information content (AvgIpc) is 1.80. The molecule has 98 heavy (non-hydrogen) atoms. The van der Waals surface area contributed by atoms with Gasteiger partial charge in [-0.1, -0.05) is 369 Å². The maximum Gasteiger partial charge on any atom is 0.472 e. The summed E-state index contributed by atoms with van der Waals surface area (Å²) in [5.74, 6) is -1.25. The molecule has 0 aromatic carbocycles. The molecule has 0 fully saturated rings. The highest BCUT2D eigenvalue weighted by molar-refractivity contribution is 7.47. The molecule has 3 unspecified atom stereocenters. The smallest absolute Gasteiger partial charge is 0.462 e. The summed E-state index contributed by atoms with van der Waals surface area (Å²) in [5, 5.41) is 10.6. The third-order valence-electron chi connectivity index (χ3n) is 18.9. The van der Waals surface area contributed by atoms with E-state index in [-0.39, 0.29) is 25.7 Å². The maximum absolute atomic E-state index is 13.1. The minimum Gasteiger partial charge on any atom is -0.462 e. The van der Waals surface area contributed by atoms with Crippen LogP contribution in [-0.2, 0) is 65.4 Å². The van der Waals surface area contributed by atoms with Crippen LogP contribution >= 0.6 is 15.6 Å². The number of carbonyl (C=O) groups excluding carboxylic acids is 4. The molecule has 17 nitrogen and oxygen atoms in total. The largest absolute Gasteiger partial charge is 0.472 e. The quantitative estimate of drug-likeness (QED) is 0.0222. The van der Waals surface area contributed by atoms with Crippen LogP contribution in [0, 0.1) is 5.92 Å². The first kappa shape index (κ1) is 96.1. The Balaban J connectivity index is 5.12. The molecule has 0 saturated carbocycles. The monoisotopic (exact) mass is 1440 g/mol. The third kappa shape index (κ3) is 71.1. The zero-order valence-electron chi connectivity index (χ0n) is 63.9. The van der Waals surface area contributed by atoms with Crippen molar-refractivity contribution in [1.29, 1.82) is 0 Å². The molecule has 0 bridgehead atoms. The molecule has 0 rings (SSSR count). The zero-order chi connectivity index (χ0) is 71.9. The van der Waals surface area contributed by atoms with Crippen LogP contribution in [0.3, 0.4) is 0 Å². The van der Waals surface area contributed by atoms with E-state index < -0.39 is 97.5 Å². The summed E-state index contributed by atoms with van der Waals surface area (Å²) in [6.07, 6.45) is 62.8. The number of rotatable bonds is 79. The van der Waals surface area contributed by atoms with Crippen LogP contribution in [-0.4, -0.2) is 96.7 Å². The Labute approximate surface area is 600 Å². The summed E-state index contributed by atoms with van der Waals surface area (Å²) in [5.41, 5.74) is 0. The fraction of sp³-hybridized carbons (Fsp3) is 0.949. The van der Waals surface area contributed by atoms with Gasteiger partial charge in [0.25, 0.3) is 0 Å². The van der Waals surface area contributed by atoms with Crippen molar-refractivity contribution in [3.63, 3.8) is 0 Å². The molecule has 0 aromatic heterocycles. The number of aliphatic hydroxyl groups is 1. The second-order valence-electron chi connectivity index (χ2n) is 28.7. The normalized spacial score (nSPS) is 14.2. The topological polar surface area (TPSA) is 237 Å². The fourth-order valence-electron chi connectivity index (χ4n) is 12.2. The first-order valence-corrected chi connectivity index (χ1v) is 44.2. The lowest BCUT2D eigenvalue weighted by atomic mass is 9.99. The lowest BCUT2D eigenvalue weighted by molar-refractivity contribution is -0.161. The van der Waals surface area contributed by atoms with E-state index in [1.807, 2.05) is 0 Å². The Kier molecular flexibility index (Phi) is 70.6. The number of phosphoric ester groups is 2. The Hall–Kier alpha value is -1.94. The number of carbonyl (C=O) groups is 4. The summed E-state index contributed by atoms with van der Waals surface area (Å²) in [6.45, 7) is 7.31. The molecule has 0 aliphatic rings. The molecular weight excluding hydrogens is 1280 g/mol. The first-order chi connectivity index (χ1) is 47.6. The van der Waals surface area contributed by atoms with Gasteiger partial charge < -0.3 is 33.8 Å². The molecule has 0 heterocycles. The van der Waals surface area contributed by atoms with Gasteiger partial charge in [-0.2, -0.15) is 0 Å². The van der Waals surface area contributed by atoms with Gasteiger partial charge in [0.2, 0.25) is 0 Å². The predicted octanol–water partition coefficient (Wildman–Crippen LogP) is 23.6. The predicted molar refractivity (Wildman–Crippen MR) is 400 cm³/mol. The number of esters is 4. The summed E-state index contributed by atoms with van der Waals surface area (Å²) < 4.78 is 68.4. The van der Waals surface area contributed by atoms with Gasteiger partial charge in [-0.3, -0.25) is 37.3 Å². The van der Waals surface area contributed by atoms with Gasteiger partial charge in [0.1, 0.15) is 19.3 Å². The molecule has 0 aromatic rings. The van der Waals surface area contributed by atoms with Crippen molar-refractivity contribution in [3.05, 3.63) is 0 Å². The van der Waals surface area contributed by atoms with E-state index in [1.165, 1.54) is 231 Å². The summed E-state index contributed by atoms with van der Waals surface area (Å²) in [4.78, 5) is 72.6. The molecule has 0 radical (unpaired) electrons. The van der Waals surface area contributed by atoms with Crippen LogP contribution in [0.4, 0.5) is 0 Å². The van der Waals surface area contributed by atoms with Crippen molar-refractivity contribution in [2.24, 2.45) is 5.92 Å². The zero-order valence-corrected chi connectivity index (χ0v) is 65.7. The van der Waals surface area contributed by atoms with Crippen LogP contribution in [0.25, 0.3) is 0 Å². The number of hydrogen-bond donors (Lipinski definition) is 3. The number of aliphatic hydroxyl groups excluding tert-OH is 1. The van der Waals surface area contributed by atoms with Crippen LogP contribution in [0.5, 0.6) is 0 Å². The van der Waals surface area contributed by atoms with Gasteiger partial charge in [-0.25, -0.2) is 9.13 Å². The Morgan fingerprint density at radius 1 is 0.286 bits per heavy atom. The summed E-state index contributed by atoms with van der Waals surface area (Å²) in [7, 11) is -9.90. The lowest BCUT2D eigenvalue weighted by Gasteiger charge is -2.21. The highest BCUT2D eigenvalue weighted by Gasteiger charge is 2.30. The van der Waals surface area contributed by atoms with E-state index in [9.17, 15) is 43.2 Å². The molecule has 0 spiro atoms. The average molecular weight is 1440 g/mol. The van der Waals surface area contributed by atoms with Gasteiger partial charge in [0, 0.05) is 25.7 Å². The molecule has 0 amide bonds. The van der Waals surface area contributed by atoms with Crippen LogP contribution in [0.15, 0.2) is 0 Å². The minimum atomic E-state index is -4.96. The van der Waals surface area contributed by atoms with E-state index in [0.717, 1.165) is 109 Å². The van der Waals surface area contributed by atoms with Crippen molar-refractivity contribution < 1.29 is 80.2 Å². The summed E-state index contributed by atoms with van der Waals surface area (Å²) >= 11 is 0. The van der Waals surface area contributed by atoms with Crippen molar-refractivity contribution in [2.75, 3.05) is 39.6 Å². The van der Waals surface area contributed by atoms with E-state index in [4.69, 9.17) is 37.0 Å². The first-order valence-electron chi connectivity index (χ1n) is 41.2. The standard InChI is InChI=1S/C79H154O17P2/c1-6-10-13-16-19-22-23-24-25-26-27-28-32-35-38-41-44-49-53-58-63-77(82)90-69-75(96-79(84)65-60-55-50-45-42-39-36-33-30-29-31-34-37-40-43-46-51-56-61-72(5)9-4)71-94-98(87,88)92-67-73(80)66-91-97(85,86)93-70-74(95-78(83)64-59-54-48-21-18-15-12-8-3)68-89-76(81)62-57-52-47-20-17-14-11-7-2/h72-75,80H,6-71H2,1-5H3,(H,85,86)(H,87,88)/t72?,73-,74+,75+/m0/s1. The van der Waals surface area contributed by atoms with E-state index >= 15 is 0 Å². The molecule has 0 aliphatic carbocycles. The third-order valence-corrected chi connectivity index (χ3v) is 20.8. The Bertz CT molecular complexity index is 1880. The Morgan fingerprint density at radius 3 is 0.724 bits per heavy atom. The SMILES string of the molecule is CCCCCCCCCCCCCCCCCCCCCCC(=O)OC[C@H](COP(=O)(O)OC[C@@H](O)COP(=O)(O)OC[C@@H](COC(=O)CCCCCCCCCC)OC(=O)CCCCCCCCCC)OC(=O)CCCCCCCCCCCCCCCCCCCCC(C)CC. The minimum absolute atomic E-state index is 0.105. The van der Waals surface area contributed by atoms with Crippen LogP contribution in [0.2, 0.25) is 0 Å². The maximum atomic E-state index is 13.1. The molecular formula is C79H154O17P2. The highest BCUT2D eigenvalue weighted by atomic mass is 31.2. The van der Waals surface area contributed by atoms with Crippen LogP contribution in [0.1, 0.15) is 420 Å². The second-order valence-corrected chi connectivity index (χ2v) is 31.6. The number of phosphoric acid groups is 2. The number of ether oxygens (including phenoxy) is 4. The van der Waals surface area contributed by atoms with Crippen LogP contribution < -0.4 is 0 Å². The highest BCUT2D eigenvalue weighted by Crippen LogP contribution is 2.45. The van der Waals surface area contributed by atoms with Crippen molar-refractivity contribution in [3.8, 4) is 0 Å². The molecule has 0 aliphatic heterocycles. The molecule has 19 heteroatoms. The van der Waals surface area contributed by atoms with Gasteiger partial charge in [0.05, 0.1) is 26.4 Å². The van der Waals surface area contributed by atoms with Gasteiger partial charge >= 0.3 is 39.5 Å². The summed E-state index contributed by atoms with van der Waals surface area (Å²) in [6, 6.07) is 0. The fourth-order valence-corrected chi connectivity index (χ4v) is 13.8. The molecule has 582 valence electrons. The number of hydrogen-bond acceptors (Lipinski definition) is 15. The van der Waals surface area contributed by atoms with Crippen molar-refractivity contribution >= 4 is 39.5 Å². The van der Waals surface area contributed by atoms with Gasteiger partial charge in [-0.15, -0.1) is 0 Å².